The Morgan fingerprint density at radius 2 is 2.22 bits per heavy atom. The van der Waals surface area contributed by atoms with Crippen molar-refractivity contribution in [1.82, 2.24) is 0 Å². The van der Waals surface area contributed by atoms with Crippen molar-refractivity contribution in [3.8, 4) is 0 Å². The Hall–Kier alpha value is -1.76. The molecule has 0 aromatic carbocycles. The second kappa shape index (κ2) is 5.72. The third-order valence-corrected chi connectivity index (χ3v) is 2.57. The summed E-state index contributed by atoms with van der Waals surface area (Å²) in [4.78, 5) is 22.0. The molecular weight excluding hydrogens is 244 g/mol. The van der Waals surface area contributed by atoms with Crippen LogP contribution in [0.1, 0.15) is 24.4 Å². The van der Waals surface area contributed by atoms with E-state index < -0.39 is 12.0 Å². The van der Waals surface area contributed by atoms with Crippen molar-refractivity contribution in [2.75, 3.05) is 13.2 Å². The zero-order valence-electron chi connectivity index (χ0n) is 9.97. The van der Waals surface area contributed by atoms with E-state index in [1.807, 2.05) is 0 Å². The minimum Gasteiger partial charge on any atom is -0.432 e. The van der Waals surface area contributed by atoms with Gasteiger partial charge in [-0.15, -0.1) is 0 Å². The first-order valence-electron chi connectivity index (χ1n) is 5.65. The van der Waals surface area contributed by atoms with Crippen molar-refractivity contribution in [2.24, 2.45) is 0 Å². The predicted octanol–water partition coefficient (Wildman–Crippen LogP) is 1.37. The molecule has 0 radical (unpaired) electrons. The highest BCUT2D eigenvalue weighted by Crippen LogP contribution is 2.12. The number of rotatable bonds is 4. The minimum absolute atomic E-state index is 0.0499. The van der Waals surface area contributed by atoms with E-state index in [1.165, 1.54) is 0 Å². The number of carbonyl (C=O) groups excluding carboxylic acids is 1. The number of aryl methyl sites for hydroxylation is 1. The molecule has 1 unspecified atom stereocenters. The third kappa shape index (κ3) is 3.36. The fraction of sp³-hybridized carbons (Fsp3) is 0.636. The summed E-state index contributed by atoms with van der Waals surface area (Å²) in [6.07, 6.45) is 0.978. The van der Waals surface area contributed by atoms with Crippen LogP contribution in [0.4, 0.5) is 4.79 Å². The number of hydrogen-bond acceptors (Lipinski definition) is 7. The van der Waals surface area contributed by atoms with Crippen molar-refractivity contribution in [3.05, 3.63) is 22.1 Å². The maximum Gasteiger partial charge on any atom is 0.519 e. The van der Waals surface area contributed by atoms with Crippen molar-refractivity contribution in [1.29, 1.82) is 0 Å². The van der Waals surface area contributed by atoms with Gasteiger partial charge in [-0.2, -0.15) is 0 Å². The van der Waals surface area contributed by atoms with Gasteiger partial charge in [-0.1, -0.05) is 0 Å². The molecule has 0 aliphatic carbocycles. The van der Waals surface area contributed by atoms with Gasteiger partial charge in [-0.25, -0.2) is 9.59 Å². The highest BCUT2D eigenvalue weighted by atomic mass is 16.7. The van der Waals surface area contributed by atoms with Crippen LogP contribution in [-0.2, 0) is 20.8 Å². The number of ether oxygens (including phenoxy) is 3. The Morgan fingerprint density at radius 3 is 2.83 bits per heavy atom. The van der Waals surface area contributed by atoms with Gasteiger partial charge in [0, 0.05) is 6.61 Å². The average Bonchev–Trinajstić information content (AvgIpc) is 2.94. The Bertz CT molecular complexity index is 452. The summed E-state index contributed by atoms with van der Waals surface area (Å²) in [5.74, 6) is -0.361. The van der Waals surface area contributed by atoms with Crippen molar-refractivity contribution in [2.45, 2.75) is 32.5 Å². The van der Waals surface area contributed by atoms with Gasteiger partial charge in [0.05, 0.1) is 6.10 Å². The van der Waals surface area contributed by atoms with Crippen LogP contribution < -0.4 is 5.82 Å². The maximum absolute atomic E-state index is 11.2. The standard InChI is InChI=1S/C11H14O7/c1-7-9(18-11(13)17-7)6-16-10(12)15-5-8-3-2-4-14-8/h8H,2-6H2,1H3. The van der Waals surface area contributed by atoms with Gasteiger partial charge in [-0.3, -0.25) is 0 Å². The molecule has 1 aromatic rings. The highest BCUT2D eigenvalue weighted by molar-refractivity contribution is 5.59. The van der Waals surface area contributed by atoms with E-state index in [2.05, 4.69) is 8.83 Å². The smallest absolute Gasteiger partial charge is 0.432 e. The normalized spacial score (nSPS) is 18.8. The summed E-state index contributed by atoms with van der Waals surface area (Å²) in [6, 6.07) is 0. The van der Waals surface area contributed by atoms with E-state index in [9.17, 15) is 9.59 Å². The molecule has 1 aliphatic rings. The number of carbonyl (C=O) groups is 1. The molecule has 2 rings (SSSR count). The van der Waals surface area contributed by atoms with Crippen molar-refractivity contribution >= 4 is 6.16 Å². The van der Waals surface area contributed by atoms with Crippen LogP contribution in [-0.4, -0.2) is 25.5 Å². The summed E-state index contributed by atoms with van der Waals surface area (Å²) in [7, 11) is 0. The molecule has 1 aromatic heterocycles. The molecule has 1 aliphatic heterocycles. The zero-order chi connectivity index (χ0) is 13.0. The van der Waals surface area contributed by atoms with Crippen LogP contribution in [0.5, 0.6) is 0 Å². The maximum atomic E-state index is 11.2. The number of hydrogen-bond donors (Lipinski definition) is 0. The molecule has 0 spiro atoms. The summed E-state index contributed by atoms with van der Waals surface area (Å²) in [6.45, 7) is 2.22. The summed E-state index contributed by atoms with van der Waals surface area (Å²) < 4.78 is 24.2. The van der Waals surface area contributed by atoms with E-state index >= 15 is 0 Å². The van der Waals surface area contributed by atoms with Gasteiger partial charge in [0.1, 0.15) is 6.61 Å². The molecule has 1 saturated heterocycles. The highest BCUT2D eigenvalue weighted by Gasteiger charge is 2.18. The second-order valence-corrected chi connectivity index (χ2v) is 3.92. The molecular formula is C11H14O7. The molecule has 0 saturated carbocycles. The van der Waals surface area contributed by atoms with E-state index in [4.69, 9.17) is 14.2 Å². The van der Waals surface area contributed by atoms with Crippen molar-refractivity contribution < 1.29 is 27.8 Å². The van der Waals surface area contributed by atoms with E-state index in [0.717, 1.165) is 12.8 Å². The summed E-state index contributed by atoms with van der Waals surface area (Å²) in [5, 5.41) is 0. The fourth-order valence-corrected chi connectivity index (χ4v) is 1.61. The lowest BCUT2D eigenvalue weighted by Gasteiger charge is -2.09. The van der Waals surface area contributed by atoms with Crippen LogP contribution in [0.25, 0.3) is 0 Å². The summed E-state index contributed by atoms with van der Waals surface area (Å²) in [5.41, 5.74) is 0. The topological polar surface area (TPSA) is 88.1 Å². The quantitative estimate of drug-likeness (QED) is 0.753. The summed E-state index contributed by atoms with van der Waals surface area (Å²) >= 11 is 0. The van der Waals surface area contributed by atoms with Gasteiger partial charge in [0.25, 0.3) is 0 Å². The Morgan fingerprint density at radius 1 is 1.39 bits per heavy atom. The van der Waals surface area contributed by atoms with Crippen molar-refractivity contribution in [3.63, 3.8) is 0 Å². The molecule has 7 nitrogen and oxygen atoms in total. The van der Waals surface area contributed by atoms with E-state index in [-0.39, 0.29) is 30.8 Å². The fourth-order valence-electron chi connectivity index (χ4n) is 1.61. The molecule has 1 atom stereocenters. The molecule has 2 heterocycles. The lowest BCUT2D eigenvalue weighted by Crippen LogP contribution is -2.18. The predicted molar refractivity (Wildman–Crippen MR) is 57.1 cm³/mol. The SMILES string of the molecule is Cc1oc(=O)oc1COC(=O)OCC1CCCO1. The Labute approximate surface area is 103 Å². The first-order chi connectivity index (χ1) is 8.65. The Balaban J connectivity index is 1.71. The minimum atomic E-state index is -0.825. The molecule has 0 amide bonds. The van der Waals surface area contributed by atoms with Gasteiger partial charge < -0.3 is 23.0 Å². The van der Waals surface area contributed by atoms with E-state index in [1.54, 1.807) is 6.92 Å². The van der Waals surface area contributed by atoms with Crippen LogP contribution in [0.2, 0.25) is 0 Å². The monoisotopic (exact) mass is 258 g/mol. The van der Waals surface area contributed by atoms with Crippen LogP contribution in [0.15, 0.2) is 13.6 Å². The van der Waals surface area contributed by atoms with Gasteiger partial charge in [0.15, 0.2) is 18.1 Å². The molecule has 0 N–H and O–H groups in total. The second-order valence-electron chi connectivity index (χ2n) is 3.92. The average molecular weight is 258 g/mol. The van der Waals surface area contributed by atoms with Crippen LogP contribution >= 0.6 is 0 Å². The lowest BCUT2D eigenvalue weighted by molar-refractivity contribution is 0.00308. The van der Waals surface area contributed by atoms with E-state index in [0.29, 0.717) is 6.61 Å². The molecule has 7 heteroatoms. The molecule has 100 valence electrons. The lowest BCUT2D eigenvalue weighted by atomic mass is 10.2. The van der Waals surface area contributed by atoms with Gasteiger partial charge >= 0.3 is 12.0 Å². The third-order valence-electron chi connectivity index (χ3n) is 2.57. The molecule has 18 heavy (non-hydrogen) atoms. The zero-order valence-corrected chi connectivity index (χ0v) is 9.97. The Kier molecular flexibility index (Phi) is 4.03. The largest absolute Gasteiger partial charge is 0.519 e. The molecule has 0 bridgehead atoms. The van der Waals surface area contributed by atoms with Crippen LogP contribution in [0, 0.1) is 6.92 Å². The van der Waals surface area contributed by atoms with Gasteiger partial charge in [0.2, 0.25) is 0 Å². The molecule has 1 fully saturated rings. The van der Waals surface area contributed by atoms with Gasteiger partial charge in [-0.05, 0) is 19.8 Å². The van der Waals surface area contributed by atoms with Crippen LogP contribution in [0.3, 0.4) is 0 Å². The first kappa shape index (κ1) is 12.7. The first-order valence-corrected chi connectivity index (χ1v) is 5.65.